The number of thiocarbonyl (C=S) groups is 2. The number of hydrogen-bond donors (Lipinski definition) is 2. The Morgan fingerprint density at radius 1 is 0.690 bits per heavy atom. The number of benzene rings is 2. The molecule has 2 aliphatic rings. The minimum absolute atomic E-state index is 0.279. The standard InChI is InChI=1S/2C15H13NO3S2/c2*1-10(7-11-5-3-2-4-6-11)8-12-14(19)16(9-13(17)18)15(20)21-12/h2*2-8H,9H2,1H3,(H,17,18)/b2*10-7+,12-8-. The van der Waals surface area contributed by atoms with Gasteiger partial charge in [0.25, 0.3) is 11.8 Å². The fourth-order valence-corrected chi connectivity index (χ4v) is 6.27. The molecule has 0 spiro atoms. The lowest BCUT2D eigenvalue weighted by Gasteiger charge is -2.10. The molecule has 4 rings (SSSR count). The Balaban J connectivity index is 0.000000230. The van der Waals surface area contributed by atoms with Crippen LogP contribution in [0.5, 0.6) is 0 Å². The Bertz CT molecular complexity index is 1420. The number of carbonyl (C=O) groups is 4. The molecule has 0 aliphatic carbocycles. The Kier molecular flexibility index (Phi) is 12.0. The maximum Gasteiger partial charge on any atom is 0.323 e. The summed E-state index contributed by atoms with van der Waals surface area (Å²) in [7, 11) is 0. The number of carboxylic acid groups (broad SMARTS) is 2. The van der Waals surface area contributed by atoms with E-state index < -0.39 is 25.0 Å². The van der Waals surface area contributed by atoms with E-state index in [1.807, 2.05) is 86.7 Å². The molecule has 2 saturated heterocycles. The summed E-state index contributed by atoms with van der Waals surface area (Å²) in [4.78, 5) is 48.7. The Morgan fingerprint density at radius 3 is 1.33 bits per heavy atom. The highest BCUT2D eigenvalue weighted by Gasteiger charge is 2.34. The van der Waals surface area contributed by atoms with Gasteiger partial charge < -0.3 is 10.2 Å². The average molecular weight is 639 g/mol. The van der Waals surface area contributed by atoms with E-state index in [1.54, 1.807) is 12.2 Å². The lowest BCUT2D eigenvalue weighted by atomic mass is 10.1. The second-order valence-corrected chi connectivity index (χ2v) is 12.3. The Labute approximate surface area is 262 Å². The van der Waals surface area contributed by atoms with Gasteiger partial charge in [0, 0.05) is 0 Å². The van der Waals surface area contributed by atoms with Crippen LogP contribution in [0.15, 0.2) is 93.8 Å². The third-order valence-electron chi connectivity index (χ3n) is 5.44. The summed E-state index contributed by atoms with van der Waals surface area (Å²) in [5.74, 6) is -2.87. The van der Waals surface area contributed by atoms with Gasteiger partial charge in [-0.05, 0) is 48.3 Å². The minimum atomic E-state index is -1.08. The molecule has 2 aromatic carbocycles. The van der Waals surface area contributed by atoms with Crippen molar-refractivity contribution in [1.82, 2.24) is 9.80 Å². The van der Waals surface area contributed by atoms with Crippen LogP contribution in [0.1, 0.15) is 25.0 Å². The maximum absolute atomic E-state index is 12.1. The van der Waals surface area contributed by atoms with Gasteiger partial charge in [0.15, 0.2) is 0 Å². The number of allylic oxidation sites excluding steroid dienone is 4. The fraction of sp³-hybridized carbons (Fsp3) is 0.133. The van der Waals surface area contributed by atoms with Crippen LogP contribution >= 0.6 is 48.0 Å². The molecule has 0 radical (unpaired) electrons. The summed E-state index contributed by atoms with van der Waals surface area (Å²) in [6.45, 7) is 2.97. The van der Waals surface area contributed by atoms with E-state index in [0.717, 1.165) is 55.6 Å². The highest BCUT2D eigenvalue weighted by Crippen LogP contribution is 2.32. The summed E-state index contributed by atoms with van der Waals surface area (Å²) in [5, 5.41) is 17.6. The molecule has 0 unspecified atom stereocenters. The number of carbonyl (C=O) groups excluding carboxylic acids is 2. The molecule has 2 heterocycles. The van der Waals surface area contributed by atoms with Gasteiger partial charge in [-0.25, -0.2) is 0 Å². The van der Waals surface area contributed by atoms with E-state index in [9.17, 15) is 19.2 Å². The van der Waals surface area contributed by atoms with Crippen molar-refractivity contribution in [3.05, 3.63) is 105 Å². The summed E-state index contributed by atoms with van der Waals surface area (Å²) in [6, 6.07) is 19.5. The molecule has 216 valence electrons. The van der Waals surface area contributed by atoms with Gasteiger partial charge in [0.05, 0.1) is 9.81 Å². The number of amides is 2. The smallest absolute Gasteiger partial charge is 0.323 e. The van der Waals surface area contributed by atoms with Crippen molar-refractivity contribution in [3.63, 3.8) is 0 Å². The predicted molar refractivity (Wildman–Crippen MR) is 175 cm³/mol. The largest absolute Gasteiger partial charge is 0.480 e. The Hall–Kier alpha value is -3.84. The van der Waals surface area contributed by atoms with Crippen molar-refractivity contribution in [2.24, 2.45) is 0 Å². The number of thioether (sulfide) groups is 2. The van der Waals surface area contributed by atoms with Crippen molar-refractivity contribution in [3.8, 4) is 0 Å². The van der Waals surface area contributed by atoms with Crippen LogP contribution in [-0.2, 0) is 19.2 Å². The quantitative estimate of drug-likeness (QED) is 0.270. The first kappa shape index (κ1) is 32.7. The highest BCUT2D eigenvalue weighted by atomic mass is 32.2. The van der Waals surface area contributed by atoms with Gasteiger partial charge in [-0.15, -0.1) is 0 Å². The zero-order valence-electron chi connectivity index (χ0n) is 22.6. The monoisotopic (exact) mass is 638 g/mol. The number of nitrogens with zero attached hydrogens (tertiary/aromatic N) is 2. The van der Waals surface area contributed by atoms with Crippen molar-refractivity contribution in [2.45, 2.75) is 13.8 Å². The molecule has 0 bridgehead atoms. The molecule has 12 heteroatoms. The highest BCUT2D eigenvalue weighted by molar-refractivity contribution is 8.27. The molecular formula is C30H26N2O6S4. The normalized spacial score (nSPS) is 17.7. The fourth-order valence-electron chi connectivity index (χ4n) is 3.66. The molecule has 8 nitrogen and oxygen atoms in total. The van der Waals surface area contributed by atoms with E-state index in [0.29, 0.717) is 9.81 Å². The number of carboxylic acids is 2. The van der Waals surface area contributed by atoms with E-state index in [-0.39, 0.29) is 20.5 Å². The summed E-state index contributed by atoms with van der Waals surface area (Å²) >= 11 is 12.3. The minimum Gasteiger partial charge on any atom is -0.480 e. The van der Waals surface area contributed by atoms with E-state index in [4.69, 9.17) is 34.6 Å². The molecule has 0 aromatic heterocycles. The molecule has 0 atom stereocenters. The van der Waals surface area contributed by atoms with Crippen molar-refractivity contribution in [2.75, 3.05) is 13.1 Å². The summed E-state index contributed by atoms with van der Waals surface area (Å²) in [6.07, 6.45) is 7.36. The molecule has 2 fully saturated rings. The molecule has 2 aromatic rings. The maximum atomic E-state index is 12.1. The first-order valence-corrected chi connectivity index (χ1v) is 14.8. The number of hydrogen-bond acceptors (Lipinski definition) is 8. The van der Waals surface area contributed by atoms with Crippen molar-refractivity contribution in [1.29, 1.82) is 0 Å². The molecule has 0 saturated carbocycles. The summed E-state index contributed by atoms with van der Waals surface area (Å²) < 4.78 is 0.558. The predicted octanol–water partition coefficient (Wildman–Crippen LogP) is 5.84. The van der Waals surface area contributed by atoms with Crippen LogP contribution in [0.3, 0.4) is 0 Å². The second kappa shape index (κ2) is 15.4. The van der Waals surface area contributed by atoms with Gasteiger partial charge in [-0.2, -0.15) is 0 Å². The molecule has 42 heavy (non-hydrogen) atoms. The van der Waals surface area contributed by atoms with Crippen LogP contribution < -0.4 is 0 Å². The van der Waals surface area contributed by atoms with E-state index in [2.05, 4.69) is 0 Å². The number of aliphatic carboxylic acids is 2. The average Bonchev–Trinajstić information content (AvgIpc) is 3.33. The van der Waals surface area contributed by atoms with Crippen LogP contribution in [0.4, 0.5) is 0 Å². The van der Waals surface area contributed by atoms with E-state index >= 15 is 0 Å². The third kappa shape index (κ3) is 9.62. The molecule has 2 amide bonds. The third-order valence-corrected chi connectivity index (χ3v) is 8.19. The first-order chi connectivity index (χ1) is 19.9. The molecule has 2 N–H and O–H groups in total. The topological polar surface area (TPSA) is 115 Å². The van der Waals surface area contributed by atoms with Gasteiger partial charge in [0.1, 0.15) is 21.7 Å². The lowest BCUT2D eigenvalue weighted by Crippen LogP contribution is -2.33. The van der Waals surface area contributed by atoms with Gasteiger partial charge in [-0.3, -0.25) is 29.0 Å². The molecular weight excluding hydrogens is 613 g/mol. The second-order valence-electron chi connectivity index (χ2n) is 8.92. The Morgan fingerprint density at radius 2 is 1.02 bits per heavy atom. The van der Waals surface area contributed by atoms with Crippen LogP contribution in [0, 0.1) is 0 Å². The SMILES string of the molecule is CC(/C=C1\SC(=S)N(CC(=O)O)C1=O)=C\c1ccccc1.CC(/C=C1\SC(=S)N(CC(=O)O)C1=O)=C\c1ccccc1. The molecule has 2 aliphatic heterocycles. The van der Waals surface area contributed by atoms with Crippen LogP contribution in [0.2, 0.25) is 0 Å². The van der Waals surface area contributed by atoms with Crippen molar-refractivity contribution >= 4 is 92.5 Å². The summed E-state index contributed by atoms with van der Waals surface area (Å²) in [5.41, 5.74) is 3.87. The lowest BCUT2D eigenvalue weighted by molar-refractivity contribution is -0.140. The van der Waals surface area contributed by atoms with Gasteiger partial charge in [0.2, 0.25) is 0 Å². The van der Waals surface area contributed by atoms with E-state index in [1.165, 1.54) is 0 Å². The number of rotatable bonds is 8. The van der Waals surface area contributed by atoms with Crippen LogP contribution in [0.25, 0.3) is 12.2 Å². The zero-order chi connectivity index (χ0) is 30.8. The zero-order valence-corrected chi connectivity index (χ0v) is 25.8. The van der Waals surface area contributed by atoms with Crippen molar-refractivity contribution < 1.29 is 29.4 Å². The van der Waals surface area contributed by atoms with Gasteiger partial charge >= 0.3 is 11.9 Å². The first-order valence-electron chi connectivity index (χ1n) is 12.4. The van der Waals surface area contributed by atoms with Crippen LogP contribution in [-0.4, -0.2) is 65.5 Å². The van der Waals surface area contributed by atoms with Gasteiger partial charge in [-0.1, -0.05) is 121 Å².